The number of hydrogen-bond donors (Lipinski definition) is 1. The summed E-state index contributed by atoms with van der Waals surface area (Å²) in [5, 5.41) is 0. The van der Waals surface area contributed by atoms with Crippen LogP contribution in [0.4, 0.5) is 0 Å². The van der Waals surface area contributed by atoms with Crippen LogP contribution in [0.2, 0.25) is 0 Å². The summed E-state index contributed by atoms with van der Waals surface area (Å²) in [6.07, 6.45) is 4.47. The standard InChI is InChI=1S/C10H20N2/c1-4-9(11)10(2,3)12-7-5-6-8-12/h4,9H,1,5-8,11H2,2-3H3. The van der Waals surface area contributed by atoms with Crippen LogP contribution < -0.4 is 5.73 Å². The van der Waals surface area contributed by atoms with Crippen molar-refractivity contribution in [3.05, 3.63) is 12.7 Å². The Balaban J connectivity index is 2.61. The predicted molar refractivity (Wildman–Crippen MR) is 53.1 cm³/mol. The second-order valence-corrected chi connectivity index (χ2v) is 4.11. The minimum Gasteiger partial charge on any atom is -0.323 e. The van der Waals surface area contributed by atoms with Crippen molar-refractivity contribution >= 4 is 0 Å². The highest BCUT2D eigenvalue weighted by molar-refractivity contribution is 5.01. The van der Waals surface area contributed by atoms with Gasteiger partial charge in [0.2, 0.25) is 0 Å². The SMILES string of the molecule is C=CC(N)C(C)(C)N1CCCC1. The van der Waals surface area contributed by atoms with Crippen molar-refractivity contribution in [3.63, 3.8) is 0 Å². The molecule has 70 valence electrons. The van der Waals surface area contributed by atoms with Gasteiger partial charge in [-0.1, -0.05) is 6.08 Å². The molecule has 1 saturated heterocycles. The van der Waals surface area contributed by atoms with Gasteiger partial charge in [0.1, 0.15) is 0 Å². The molecule has 0 aliphatic carbocycles. The van der Waals surface area contributed by atoms with Gasteiger partial charge in [-0.2, -0.15) is 0 Å². The Morgan fingerprint density at radius 1 is 1.42 bits per heavy atom. The van der Waals surface area contributed by atoms with Crippen LogP contribution in [0, 0.1) is 0 Å². The Hall–Kier alpha value is -0.340. The van der Waals surface area contributed by atoms with Gasteiger partial charge in [-0.25, -0.2) is 0 Å². The summed E-state index contributed by atoms with van der Waals surface area (Å²) in [7, 11) is 0. The Morgan fingerprint density at radius 3 is 2.33 bits per heavy atom. The second kappa shape index (κ2) is 3.58. The van der Waals surface area contributed by atoms with Crippen molar-refractivity contribution in [3.8, 4) is 0 Å². The van der Waals surface area contributed by atoms with E-state index in [4.69, 9.17) is 5.73 Å². The van der Waals surface area contributed by atoms with E-state index < -0.39 is 0 Å². The lowest BCUT2D eigenvalue weighted by atomic mass is 9.93. The molecule has 1 rings (SSSR count). The zero-order chi connectivity index (χ0) is 9.19. The Labute approximate surface area is 75.4 Å². The van der Waals surface area contributed by atoms with E-state index in [9.17, 15) is 0 Å². The quantitative estimate of drug-likeness (QED) is 0.645. The average Bonchev–Trinajstić information content (AvgIpc) is 2.55. The van der Waals surface area contributed by atoms with Crippen LogP contribution in [-0.2, 0) is 0 Å². The van der Waals surface area contributed by atoms with Crippen molar-refractivity contribution < 1.29 is 0 Å². The third kappa shape index (κ3) is 1.70. The smallest absolute Gasteiger partial charge is 0.0403 e. The molecule has 2 heteroatoms. The van der Waals surface area contributed by atoms with Crippen LogP contribution >= 0.6 is 0 Å². The molecule has 0 aromatic rings. The number of rotatable bonds is 3. The predicted octanol–water partition coefficient (Wildman–Crippen LogP) is 1.37. The Bertz CT molecular complexity index is 157. The van der Waals surface area contributed by atoms with Crippen molar-refractivity contribution in [2.75, 3.05) is 13.1 Å². The summed E-state index contributed by atoms with van der Waals surface area (Å²) in [6, 6.07) is 0.0793. The first-order valence-corrected chi connectivity index (χ1v) is 4.72. The van der Waals surface area contributed by atoms with Gasteiger partial charge in [0, 0.05) is 11.6 Å². The van der Waals surface area contributed by atoms with E-state index in [0.29, 0.717) is 0 Å². The molecule has 1 aliphatic rings. The maximum Gasteiger partial charge on any atom is 0.0403 e. The minimum atomic E-state index is 0.0793. The molecule has 1 fully saturated rings. The summed E-state index contributed by atoms with van der Waals surface area (Å²) in [4.78, 5) is 2.46. The number of likely N-dealkylation sites (tertiary alicyclic amines) is 1. The van der Waals surface area contributed by atoms with Gasteiger partial charge in [-0.05, 0) is 39.8 Å². The van der Waals surface area contributed by atoms with Crippen molar-refractivity contribution in [2.45, 2.75) is 38.3 Å². The number of hydrogen-bond acceptors (Lipinski definition) is 2. The van der Waals surface area contributed by atoms with Gasteiger partial charge in [0.05, 0.1) is 0 Å². The highest BCUT2D eigenvalue weighted by atomic mass is 15.2. The van der Waals surface area contributed by atoms with Gasteiger partial charge in [0.25, 0.3) is 0 Å². The molecule has 1 unspecified atom stereocenters. The Kier molecular flexibility index (Phi) is 2.91. The molecule has 1 heterocycles. The van der Waals surface area contributed by atoms with Gasteiger partial charge in [-0.3, -0.25) is 4.90 Å². The highest BCUT2D eigenvalue weighted by Crippen LogP contribution is 2.23. The lowest BCUT2D eigenvalue weighted by molar-refractivity contribution is 0.140. The fourth-order valence-corrected chi connectivity index (χ4v) is 1.79. The Morgan fingerprint density at radius 2 is 1.92 bits per heavy atom. The molecule has 2 N–H and O–H groups in total. The summed E-state index contributed by atoms with van der Waals surface area (Å²) in [6.45, 7) is 10.5. The third-order valence-electron chi connectivity index (χ3n) is 2.99. The highest BCUT2D eigenvalue weighted by Gasteiger charge is 2.32. The van der Waals surface area contributed by atoms with E-state index in [2.05, 4.69) is 25.3 Å². The monoisotopic (exact) mass is 168 g/mol. The van der Waals surface area contributed by atoms with Gasteiger partial charge in [-0.15, -0.1) is 6.58 Å². The molecule has 0 spiro atoms. The van der Waals surface area contributed by atoms with E-state index in [0.717, 1.165) is 0 Å². The van der Waals surface area contributed by atoms with Crippen molar-refractivity contribution in [2.24, 2.45) is 5.73 Å². The molecule has 2 nitrogen and oxygen atoms in total. The van der Waals surface area contributed by atoms with Crippen LogP contribution in [0.5, 0.6) is 0 Å². The lowest BCUT2D eigenvalue weighted by Crippen LogP contribution is -2.54. The first-order chi connectivity index (χ1) is 5.59. The molecule has 0 aromatic carbocycles. The van der Waals surface area contributed by atoms with Crippen LogP contribution in [0.25, 0.3) is 0 Å². The van der Waals surface area contributed by atoms with E-state index in [1.807, 2.05) is 6.08 Å². The lowest BCUT2D eigenvalue weighted by Gasteiger charge is -2.39. The van der Waals surface area contributed by atoms with E-state index in [1.54, 1.807) is 0 Å². The van der Waals surface area contributed by atoms with Crippen molar-refractivity contribution in [1.29, 1.82) is 0 Å². The largest absolute Gasteiger partial charge is 0.323 e. The third-order valence-corrected chi connectivity index (χ3v) is 2.99. The molecule has 0 aromatic heterocycles. The molecular weight excluding hydrogens is 148 g/mol. The maximum atomic E-state index is 5.97. The van der Waals surface area contributed by atoms with Crippen LogP contribution in [0.1, 0.15) is 26.7 Å². The fraction of sp³-hybridized carbons (Fsp3) is 0.800. The molecule has 12 heavy (non-hydrogen) atoms. The van der Waals surface area contributed by atoms with E-state index in [-0.39, 0.29) is 11.6 Å². The fourth-order valence-electron chi connectivity index (χ4n) is 1.79. The van der Waals surface area contributed by atoms with Crippen LogP contribution in [0.3, 0.4) is 0 Å². The summed E-state index contributed by atoms with van der Waals surface area (Å²) in [5.41, 5.74) is 6.05. The normalized spacial score (nSPS) is 22.6. The number of nitrogens with two attached hydrogens (primary N) is 1. The minimum absolute atomic E-state index is 0.0793. The van der Waals surface area contributed by atoms with Gasteiger partial charge in [0.15, 0.2) is 0 Å². The first-order valence-electron chi connectivity index (χ1n) is 4.72. The first kappa shape index (κ1) is 9.75. The van der Waals surface area contributed by atoms with Crippen molar-refractivity contribution in [1.82, 2.24) is 4.90 Å². The average molecular weight is 168 g/mol. The van der Waals surface area contributed by atoms with E-state index >= 15 is 0 Å². The molecule has 0 saturated carbocycles. The molecule has 0 radical (unpaired) electrons. The molecule has 1 aliphatic heterocycles. The second-order valence-electron chi connectivity index (χ2n) is 4.11. The summed E-state index contributed by atoms with van der Waals surface area (Å²) >= 11 is 0. The number of nitrogens with zero attached hydrogens (tertiary/aromatic N) is 1. The topological polar surface area (TPSA) is 29.3 Å². The summed E-state index contributed by atoms with van der Waals surface area (Å²) in [5.74, 6) is 0. The van der Waals surface area contributed by atoms with E-state index in [1.165, 1.54) is 25.9 Å². The van der Waals surface area contributed by atoms with Crippen LogP contribution in [-0.4, -0.2) is 29.6 Å². The molecular formula is C10H20N2. The van der Waals surface area contributed by atoms with Gasteiger partial charge >= 0.3 is 0 Å². The molecule has 1 atom stereocenters. The zero-order valence-corrected chi connectivity index (χ0v) is 8.21. The maximum absolute atomic E-state index is 5.97. The molecule has 0 bridgehead atoms. The summed E-state index contributed by atoms with van der Waals surface area (Å²) < 4.78 is 0. The van der Waals surface area contributed by atoms with Gasteiger partial charge < -0.3 is 5.73 Å². The molecule has 0 amide bonds. The zero-order valence-electron chi connectivity index (χ0n) is 8.21. The van der Waals surface area contributed by atoms with Crippen LogP contribution in [0.15, 0.2) is 12.7 Å².